The predicted octanol–water partition coefficient (Wildman–Crippen LogP) is 7.46. The van der Waals surface area contributed by atoms with Crippen molar-refractivity contribution in [2.45, 2.75) is 12.7 Å². The van der Waals surface area contributed by atoms with Gasteiger partial charge in [0.2, 0.25) is 0 Å². The van der Waals surface area contributed by atoms with Crippen LogP contribution >= 0.6 is 7.60 Å². The minimum Gasteiger partial charge on any atom is -0.414 e. The standard InChI is InChI=1S/C26H24NO3P/c1-21-13-11-12-20-25(21)27-26(22-14-5-2-6-15-22)31(28,29-23-16-7-3-8-17-23)30-24-18-9-4-10-19-24/h2-20,26-27H,1H3/t26-/m0/s1. The van der Waals surface area contributed by atoms with E-state index in [0.29, 0.717) is 11.5 Å². The second kappa shape index (κ2) is 9.55. The van der Waals surface area contributed by atoms with Gasteiger partial charge in [0.25, 0.3) is 0 Å². The van der Waals surface area contributed by atoms with Gasteiger partial charge in [-0.15, -0.1) is 0 Å². The van der Waals surface area contributed by atoms with Crippen LogP contribution in [0.2, 0.25) is 0 Å². The third kappa shape index (κ3) is 5.17. The van der Waals surface area contributed by atoms with Gasteiger partial charge in [-0.3, -0.25) is 0 Å². The van der Waals surface area contributed by atoms with Crippen molar-refractivity contribution in [1.29, 1.82) is 0 Å². The summed E-state index contributed by atoms with van der Waals surface area (Å²) in [4.78, 5) is 0. The van der Waals surface area contributed by atoms with E-state index in [1.165, 1.54) is 0 Å². The van der Waals surface area contributed by atoms with Crippen LogP contribution in [0.25, 0.3) is 0 Å². The van der Waals surface area contributed by atoms with Gasteiger partial charge in [0.1, 0.15) is 11.5 Å². The Bertz CT molecular complexity index is 1110. The van der Waals surface area contributed by atoms with E-state index in [0.717, 1.165) is 16.8 Å². The first-order chi connectivity index (χ1) is 15.1. The monoisotopic (exact) mass is 429 g/mol. The van der Waals surface area contributed by atoms with Gasteiger partial charge in [0, 0.05) is 5.69 Å². The summed E-state index contributed by atoms with van der Waals surface area (Å²) >= 11 is 0. The average Bonchev–Trinajstić information content (AvgIpc) is 2.80. The quantitative estimate of drug-likeness (QED) is 0.295. The maximum atomic E-state index is 14.5. The van der Waals surface area contributed by atoms with Gasteiger partial charge in [-0.05, 0) is 48.4 Å². The smallest absolute Gasteiger partial charge is 0.414 e. The molecule has 156 valence electrons. The molecule has 4 rings (SSSR count). The lowest BCUT2D eigenvalue weighted by atomic mass is 10.2. The van der Waals surface area contributed by atoms with Crippen LogP contribution in [-0.4, -0.2) is 0 Å². The topological polar surface area (TPSA) is 47.6 Å². The summed E-state index contributed by atoms with van der Waals surface area (Å²) in [6, 6.07) is 35.7. The van der Waals surface area contributed by atoms with Gasteiger partial charge in [-0.2, -0.15) is 0 Å². The van der Waals surface area contributed by atoms with E-state index in [9.17, 15) is 4.57 Å². The van der Waals surface area contributed by atoms with Gasteiger partial charge in [-0.25, -0.2) is 4.57 Å². The van der Waals surface area contributed by atoms with Crippen LogP contribution in [0.15, 0.2) is 115 Å². The van der Waals surface area contributed by atoms with E-state index in [2.05, 4.69) is 5.32 Å². The van der Waals surface area contributed by atoms with Crippen molar-refractivity contribution >= 4 is 13.3 Å². The molecule has 0 saturated heterocycles. The van der Waals surface area contributed by atoms with Crippen molar-refractivity contribution in [3.63, 3.8) is 0 Å². The fourth-order valence-electron chi connectivity index (χ4n) is 3.24. The molecule has 4 aromatic carbocycles. The third-order valence-electron chi connectivity index (χ3n) is 4.82. The number of hydrogen-bond donors (Lipinski definition) is 1. The number of benzene rings is 4. The first-order valence-corrected chi connectivity index (χ1v) is 11.7. The Morgan fingerprint density at radius 2 is 1.10 bits per heavy atom. The first kappa shape index (κ1) is 20.8. The molecule has 0 aromatic heterocycles. The van der Waals surface area contributed by atoms with Crippen LogP contribution in [0.5, 0.6) is 11.5 Å². The van der Waals surface area contributed by atoms with Crippen LogP contribution in [-0.2, 0) is 4.57 Å². The molecule has 0 saturated carbocycles. The molecular formula is C26H24NO3P. The minimum atomic E-state index is -3.79. The Balaban J connectivity index is 1.80. The number of para-hydroxylation sites is 3. The number of hydrogen-bond acceptors (Lipinski definition) is 4. The molecule has 0 fully saturated rings. The van der Waals surface area contributed by atoms with E-state index in [1.807, 2.05) is 97.9 Å². The highest BCUT2D eigenvalue weighted by atomic mass is 31.2. The molecule has 0 aliphatic heterocycles. The van der Waals surface area contributed by atoms with Gasteiger partial charge in [-0.1, -0.05) is 84.9 Å². The van der Waals surface area contributed by atoms with E-state index in [4.69, 9.17) is 9.05 Å². The Hall–Kier alpha value is -3.49. The fraction of sp³-hybridized carbons (Fsp3) is 0.0769. The molecule has 0 bridgehead atoms. The van der Waals surface area contributed by atoms with Gasteiger partial charge in [0.15, 0.2) is 5.78 Å². The first-order valence-electron chi connectivity index (χ1n) is 10.1. The highest BCUT2D eigenvalue weighted by Gasteiger charge is 2.41. The fourth-order valence-corrected chi connectivity index (χ4v) is 5.16. The molecule has 4 aromatic rings. The summed E-state index contributed by atoms with van der Waals surface area (Å²) < 4.78 is 26.7. The largest absolute Gasteiger partial charge is 0.457 e. The molecule has 0 amide bonds. The van der Waals surface area contributed by atoms with Gasteiger partial charge in [0.05, 0.1) is 0 Å². The van der Waals surface area contributed by atoms with E-state index in [-0.39, 0.29) is 0 Å². The summed E-state index contributed by atoms with van der Waals surface area (Å²) in [5.41, 5.74) is 2.71. The van der Waals surface area contributed by atoms with Crippen molar-refractivity contribution in [2.75, 3.05) is 5.32 Å². The lowest BCUT2D eigenvalue weighted by Crippen LogP contribution is -2.18. The van der Waals surface area contributed by atoms with Crippen LogP contribution in [0.4, 0.5) is 5.69 Å². The molecule has 0 aliphatic carbocycles. The van der Waals surface area contributed by atoms with Gasteiger partial charge >= 0.3 is 7.60 Å². The Morgan fingerprint density at radius 3 is 1.61 bits per heavy atom. The van der Waals surface area contributed by atoms with Gasteiger partial charge < -0.3 is 14.4 Å². The third-order valence-corrected chi connectivity index (χ3v) is 6.81. The van der Waals surface area contributed by atoms with Crippen LogP contribution in [0.1, 0.15) is 16.9 Å². The lowest BCUT2D eigenvalue weighted by molar-refractivity contribution is 0.376. The maximum absolute atomic E-state index is 14.5. The van der Waals surface area contributed by atoms with Crippen molar-refractivity contribution in [3.05, 3.63) is 126 Å². The predicted molar refractivity (Wildman–Crippen MR) is 126 cm³/mol. The number of anilines is 1. The van der Waals surface area contributed by atoms with Crippen LogP contribution < -0.4 is 14.4 Å². The summed E-state index contributed by atoms with van der Waals surface area (Å²) in [6.45, 7) is 2.01. The van der Waals surface area contributed by atoms with E-state index >= 15 is 0 Å². The minimum absolute atomic E-state index is 0.481. The maximum Gasteiger partial charge on any atom is 0.457 e. The summed E-state index contributed by atoms with van der Waals surface area (Å²) in [5, 5.41) is 3.43. The average molecular weight is 429 g/mol. The molecule has 5 heteroatoms. The van der Waals surface area contributed by atoms with Crippen molar-refractivity contribution in [1.82, 2.24) is 0 Å². The highest BCUT2D eigenvalue weighted by molar-refractivity contribution is 7.55. The van der Waals surface area contributed by atoms with E-state index < -0.39 is 13.4 Å². The molecule has 0 aliphatic rings. The zero-order valence-corrected chi connectivity index (χ0v) is 18.1. The molecule has 0 radical (unpaired) electrons. The Kier molecular flexibility index (Phi) is 6.40. The van der Waals surface area contributed by atoms with Crippen molar-refractivity contribution in [2.24, 2.45) is 0 Å². The SMILES string of the molecule is Cc1ccccc1N[C@H](c1ccccc1)P(=O)(Oc1ccccc1)Oc1ccccc1. The molecule has 0 spiro atoms. The van der Waals surface area contributed by atoms with Crippen molar-refractivity contribution < 1.29 is 13.6 Å². The summed E-state index contributed by atoms with van der Waals surface area (Å²) in [7, 11) is -3.79. The zero-order valence-electron chi connectivity index (χ0n) is 17.2. The molecule has 1 atom stereocenters. The molecule has 0 heterocycles. The zero-order chi connectivity index (χ0) is 21.5. The normalized spacial score (nSPS) is 12.0. The van der Waals surface area contributed by atoms with Crippen molar-refractivity contribution in [3.8, 4) is 11.5 Å². The molecule has 1 N–H and O–H groups in total. The molecule has 0 unspecified atom stereocenters. The highest BCUT2D eigenvalue weighted by Crippen LogP contribution is 2.60. The number of nitrogens with one attached hydrogen (secondary N) is 1. The second-order valence-corrected chi connectivity index (χ2v) is 9.08. The Labute approximate surface area is 183 Å². The Morgan fingerprint density at radius 1 is 0.645 bits per heavy atom. The summed E-state index contributed by atoms with van der Waals surface area (Å²) in [5.74, 6) is 0.235. The van der Waals surface area contributed by atoms with Crippen LogP contribution in [0.3, 0.4) is 0 Å². The molecule has 4 nitrogen and oxygen atoms in total. The lowest BCUT2D eigenvalue weighted by Gasteiger charge is -2.29. The molecular weight excluding hydrogens is 405 g/mol. The van der Waals surface area contributed by atoms with E-state index in [1.54, 1.807) is 24.3 Å². The van der Waals surface area contributed by atoms with Crippen LogP contribution in [0, 0.1) is 6.92 Å². The number of aryl methyl sites for hydroxylation is 1. The molecule has 31 heavy (non-hydrogen) atoms. The summed E-state index contributed by atoms with van der Waals surface area (Å²) in [6.07, 6.45) is 0. The number of rotatable bonds is 8. The second-order valence-electron chi connectivity index (χ2n) is 7.12.